The molecule has 3 heteroatoms. The Balaban J connectivity index is 3.15. The summed E-state index contributed by atoms with van der Waals surface area (Å²) in [6.45, 7) is 1.77. The molecule has 0 radical (unpaired) electrons. The molecule has 0 aromatic heterocycles. The average Bonchev–Trinajstić information content (AvgIpc) is 2.19. The number of carboxylic acids is 1. The Morgan fingerprint density at radius 2 is 1.93 bits per heavy atom. The van der Waals surface area contributed by atoms with Gasteiger partial charge < -0.3 is 5.11 Å². The van der Waals surface area contributed by atoms with E-state index in [1.165, 1.54) is 0 Å². The maximum atomic E-state index is 10.8. The minimum absolute atomic E-state index is 0.248. The predicted molar refractivity (Wildman–Crippen MR) is 57.1 cm³/mol. The van der Waals surface area contributed by atoms with Crippen molar-refractivity contribution in [1.29, 1.82) is 0 Å². The van der Waals surface area contributed by atoms with Crippen LogP contribution < -0.4 is 0 Å². The topological polar surface area (TPSA) is 37.3 Å². The summed E-state index contributed by atoms with van der Waals surface area (Å²) in [5.74, 6) is -0.957. The Hall–Kier alpha value is -1.28. The van der Waals surface area contributed by atoms with Gasteiger partial charge in [-0.15, -0.1) is 0 Å². The number of halogens is 1. The lowest BCUT2D eigenvalue weighted by Gasteiger charge is -2.03. The second kappa shape index (κ2) is 4.82. The Morgan fingerprint density at radius 3 is 2.36 bits per heavy atom. The third-order valence-corrected chi connectivity index (χ3v) is 2.35. The molecule has 0 atom stereocenters. The van der Waals surface area contributed by atoms with E-state index in [-0.39, 0.29) is 5.57 Å². The molecule has 0 aliphatic rings. The molecule has 1 aromatic carbocycles. The van der Waals surface area contributed by atoms with E-state index in [1.807, 2.05) is 18.2 Å². The van der Waals surface area contributed by atoms with Crippen LogP contribution in [-0.4, -0.2) is 11.1 Å². The third-order valence-electron chi connectivity index (χ3n) is 1.90. The minimum atomic E-state index is -0.957. The first-order valence-electron chi connectivity index (χ1n) is 4.34. The van der Waals surface area contributed by atoms with Crippen molar-refractivity contribution in [3.8, 4) is 0 Å². The fourth-order valence-corrected chi connectivity index (χ4v) is 1.50. The molecule has 14 heavy (non-hydrogen) atoms. The number of carbonyl (C=O) groups is 1. The van der Waals surface area contributed by atoms with Gasteiger partial charge in [0, 0.05) is 0 Å². The molecule has 74 valence electrons. The van der Waals surface area contributed by atoms with Crippen LogP contribution in [0.2, 0.25) is 0 Å². The molecular formula is C11H11ClO2. The summed E-state index contributed by atoms with van der Waals surface area (Å²) >= 11 is 5.97. The van der Waals surface area contributed by atoms with Crippen LogP contribution in [0.5, 0.6) is 0 Å². The summed E-state index contributed by atoms with van der Waals surface area (Å²) in [4.78, 5) is 10.8. The highest BCUT2D eigenvalue weighted by molar-refractivity contribution is 6.50. The van der Waals surface area contributed by atoms with Gasteiger partial charge in [-0.2, -0.15) is 0 Å². The molecule has 0 spiro atoms. The molecule has 1 rings (SSSR count). The van der Waals surface area contributed by atoms with Crippen LogP contribution in [0.25, 0.3) is 5.03 Å². The van der Waals surface area contributed by atoms with Crippen molar-refractivity contribution in [2.45, 2.75) is 13.3 Å². The maximum absolute atomic E-state index is 10.8. The number of rotatable bonds is 3. The van der Waals surface area contributed by atoms with E-state index in [4.69, 9.17) is 16.7 Å². The fourth-order valence-electron chi connectivity index (χ4n) is 1.16. The number of aliphatic carboxylic acids is 1. The number of benzene rings is 1. The van der Waals surface area contributed by atoms with Gasteiger partial charge in [-0.1, -0.05) is 48.9 Å². The van der Waals surface area contributed by atoms with Gasteiger partial charge in [-0.05, 0) is 12.0 Å². The van der Waals surface area contributed by atoms with Gasteiger partial charge >= 0.3 is 5.97 Å². The third kappa shape index (κ3) is 2.36. The van der Waals surface area contributed by atoms with Crippen LogP contribution >= 0.6 is 11.6 Å². The van der Waals surface area contributed by atoms with Crippen LogP contribution in [0.3, 0.4) is 0 Å². The van der Waals surface area contributed by atoms with E-state index >= 15 is 0 Å². The predicted octanol–water partition coefficient (Wildman–Crippen LogP) is 3.13. The zero-order valence-corrected chi connectivity index (χ0v) is 8.58. The normalized spacial score (nSPS) is 12.1. The first kappa shape index (κ1) is 10.8. The van der Waals surface area contributed by atoms with Crippen LogP contribution in [-0.2, 0) is 4.79 Å². The van der Waals surface area contributed by atoms with Crippen LogP contribution in [0.1, 0.15) is 18.9 Å². The molecule has 0 saturated carbocycles. The summed E-state index contributed by atoms with van der Waals surface area (Å²) in [7, 11) is 0. The maximum Gasteiger partial charge on any atom is 0.333 e. The molecule has 0 heterocycles. The van der Waals surface area contributed by atoms with Gasteiger partial charge in [-0.3, -0.25) is 0 Å². The van der Waals surface area contributed by atoms with Gasteiger partial charge in [0.05, 0.1) is 10.6 Å². The highest BCUT2D eigenvalue weighted by Crippen LogP contribution is 2.24. The largest absolute Gasteiger partial charge is 0.478 e. The summed E-state index contributed by atoms with van der Waals surface area (Å²) < 4.78 is 0. The van der Waals surface area contributed by atoms with Crippen molar-refractivity contribution in [2.75, 3.05) is 0 Å². The molecule has 0 aliphatic heterocycles. The van der Waals surface area contributed by atoms with Crippen molar-refractivity contribution in [3.63, 3.8) is 0 Å². The lowest BCUT2D eigenvalue weighted by Crippen LogP contribution is -2.01. The molecular weight excluding hydrogens is 200 g/mol. The summed E-state index contributed by atoms with van der Waals surface area (Å²) in [6.07, 6.45) is 0.420. The minimum Gasteiger partial charge on any atom is -0.478 e. The molecule has 1 N–H and O–H groups in total. The summed E-state index contributed by atoms with van der Waals surface area (Å²) in [5.41, 5.74) is 0.992. The standard InChI is InChI=1S/C11H11ClO2/c1-2-9(11(13)14)10(12)8-6-4-3-5-7-8/h3-7H,2H2,1H3,(H,13,14)/b10-9-. The quantitative estimate of drug-likeness (QED) is 0.779. The van der Waals surface area contributed by atoms with E-state index in [2.05, 4.69) is 0 Å². The van der Waals surface area contributed by atoms with Gasteiger partial charge in [0.1, 0.15) is 0 Å². The zero-order valence-electron chi connectivity index (χ0n) is 7.83. The first-order chi connectivity index (χ1) is 6.66. The van der Waals surface area contributed by atoms with Crippen LogP contribution in [0.15, 0.2) is 35.9 Å². The highest BCUT2D eigenvalue weighted by Gasteiger charge is 2.11. The van der Waals surface area contributed by atoms with E-state index < -0.39 is 5.97 Å². The van der Waals surface area contributed by atoms with Crippen LogP contribution in [0.4, 0.5) is 0 Å². The molecule has 0 saturated heterocycles. The second-order valence-corrected chi connectivity index (χ2v) is 3.20. The number of hydrogen-bond acceptors (Lipinski definition) is 1. The highest BCUT2D eigenvalue weighted by atomic mass is 35.5. The van der Waals surface area contributed by atoms with Crippen molar-refractivity contribution in [1.82, 2.24) is 0 Å². The van der Waals surface area contributed by atoms with Gasteiger partial charge in [0.2, 0.25) is 0 Å². The smallest absolute Gasteiger partial charge is 0.333 e. The van der Waals surface area contributed by atoms with E-state index in [1.54, 1.807) is 19.1 Å². The monoisotopic (exact) mass is 210 g/mol. The van der Waals surface area contributed by atoms with Crippen molar-refractivity contribution < 1.29 is 9.90 Å². The summed E-state index contributed by atoms with van der Waals surface area (Å²) in [6, 6.07) is 9.10. The lowest BCUT2D eigenvalue weighted by atomic mass is 10.1. The number of carboxylic acid groups (broad SMARTS) is 1. The van der Waals surface area contributed by atoms with Gasteiger partial charge in [-0.25, -0.2) is 4.79 Å². The lowest BCUT2D eigenvalue weighted by molar-refractivity contribution is -0.132. The van der Waals surface area contributed by atoms with Crippen molar-refractivity contribution in [2.24, 2.45) is 0 Å². The molecule has 2 nitrogen and oxygen atoms in total. The molecule has 0 aliphatic carbocycles. The zero-order chi connectivity index (χ0) is 10.6. The Bertz CT molecular complexity index is 355. The van der Waals surface area contributed by atoms with E-state index in [0.717, 1.165) is 5.56 Å². The number of hydrogen-bond donors (Lipinski definition) is 1. The van der Waals surface area contributed by atoms with Crippen LogP contribution in [0, 0.1) is 0 Å². The van der Waals surface area contributed by atoms with Gasteiger partial charge in [0.15, 0.2) is 0 Å². The Kier molecular flexibility index (Phi) is 3.72. The Labute approximate surface area is 87.8 Å². The summed E-state index contributed by atoms with van der Waals surface area (Å²) in [5, 5.41) is 9.18. The van der Waals surface area contributed by atoms with E-state index in [0.29, 0.717) is 11.5 Å². The van der Waals surface area contributed by atoms with Crippen molar-refractivity contribution in [3.05, 3.63) is 41.5 Å². The molecule has 0 unspecified atom stereocenters. The molecule has 1 aromatic rings. The van der Waals surface area contributed by atoms with Gasteiger partial charge in [0.25, 0.3) is 0 Å². The molecule has 0 bridgehead atoms. The average molecular weight is 211 g/mol. The van der Waals surface area contributed by atoms with Crippen molar-refractivity contribution >= 4 is 22.6 Å². The first-order valence-corrected chi connectivity index (χ1v) is 4.72. The molecule has 0 amide bonds. The Morgan fingerprint density at radius 1 is 1.36 bits per heavy atom. The second-order valence-electron chi connectivity index (χ2n) is 2.82. The molecule has 0 fully saturated rings. The van der Waals surface area contributed by atoms with E-state index in [9.17, 15) is 4.79 Å². The fraction of sp³-hybridized carbons (Fsp3) is 0.182. The SMILES string of the molecule is CC/C(C(=O)O)=C(/Cl)c1ccccc1.